The van der Waals surface area contributed by atoms with Crippen LogP contribution in [0.3, 0.4) is 0 Å². The number of carbonyl (C=O) groups excluding carboxylic acids is 2. The zero-order valence-electron chi connectivity index (χ0n) is 13.1. The van der Waals surface area contributed by atoms with Crippen LogP contribution in [-0.2, 0) is 14.4 Å². The monoisotopic (exact) mass is 354 g/mol. The maximum absolute atomic E-state index is 11.8. The number of halogens is 1. The Morgan fingerprint density at radius 2 is 1.92 bits per heavy atom. The number of carbonyl (C=O) groups is 3. The smallest absolute Gasteiger partial charge is 0.305 e. The number of benzene rings is 1. The number of hydrogen-bond donors (Lipinski definition) is 5. The molecule has 0 spiro atoms. The Balaban J connectivity index is 2.46. The highest BCUT2D eigenvalue weighted by Gasteiger charge is 2.13. The molecular weight excluding hydrogens is 336 g/mol. The van der Waals surface area contributed by atoms with Crippen molar-refractivity contribution < 1.29 is 19.5 Å². The van der Waals surface area contributed by atoms with Crippen molar-refractivity contribution in [2.75, 3.05) is 5.32 Å². The van der Waals surface area contributed by atoms with Crippen molar-refractivity contribution in [2.45, 2.75) is 32.2 Å². The highest BCUT2D eigenvalue weighted by molar-refractivity contribution is 6.34. The van der Waals surface area contributed by atoms with Crippen LogP contribution in [0, 0.1) is 5.41 Å². The third-order valence-corrected chi connectivity index (χ3v) is 3.32. The second-order valence-electron chi connectivity index (χ2n) is 5.22. The summed E-state index contributed by atoms with van der Waals surface area (Å²) in [7, 11) is 0. The van der Waals surface area contributed by atoms with Gasteiger partial charge in [-0.1, -0.05) is 11.6 Å². The van der Waals surface area contributed by atoms with Crippen LogP contribution >= 0.6 is 11.6 Å². The lowest BCUT2D eigenvalue weighted by molar-refractivity contribution is -0.137. The Morgan fingerprint density at radius 1 is 1.29 bits per heavy atom. The number of aliphatic carboxylic acids is 1. The molecule has 0 saturated carbocycles. The van der Waals surface area contributed by atoms with Gasteiger partial charge in [-0.25, -0.2) is 0 Å². The predicted molar refractivity (Wildman–Crippen MR) is 90.2 cm³/mol. The van der Waals surface area contributed by atoms with Crippen LogP contribution in [0.15, 0.2) is 18.2 Å². The van der Waals surface area contributed by atoms with Crippen molar-refractivity contribution in [3.63, 3.8) is 0 Å². The molecule has 0 heterocycles. The minimum absolute atomic E-state index is 0.0578. The van der Waals surface area contributed by atoms with Gasteiger partial charge < -0.3 is 21.5 Å². The first kappa shape index (κ1) is 19.4. The molecule has 130 valence electrons. The second kappa shape index (κ2) is 8.88. The fraction of sp³-hybridized carbons (Fsp3) is 0.333. The first-order valence-corrected chi connectivity index (χ1v) is 7.51. The molecule has 0 saturated heterocycles. The van der Waals surface area contributed by atoms with Gasteiger partial charge in [0.1, 0.15) is 5.84 Å². The number of carboxylic acids is 1. The molecule has 1 rings (SSSR count). The largest absolute Gasteiger partial charge is 0.481 e. The molecule has 1 unspecified atom stereocenters. The Kier molecular flexibility index (Phi) is 7.19. The molecule has 9 heteroatoms. The topological polar surface area (TPSA) is 145 Å². The van der Waals surface area contributed by atoms with E-state index in [9.17, 15) is 14.4 Å². The van der Waals surface area contributed by atoms with E-state index in [1.54, 1.807) is 13.0 Å². The summed E-state index contributed by atoms with van der Waals surface area (Å²) < 4.78 is 0. The number of amidine groups is 1. The van der Waals surface area contributed by atoms with E-state index < -0.39 is 17.9 Å². The van der Waals surface area contributed by atoms with E-state index in [-0.39, 0.29) is 36.0 Å². The molecule has 1 aromatic carbocycles. The summed E-state index contributed by atoms with van der Waals surface area (Å²) in [6.07, 6.45) is -0.300. The molecule has 2 amide bonds. The predicted octanol–water partition coefficient (Wildman–Crippen LogP) is 1.32. The van der Waals surface area contributed by atoms with Crippen LogP contribution in [0.4, 0.5) is 5.69 Å². The third-order valence-electron chi connectivity index (χ3n) is 3.01. The number of nitrogens with two attached hydrogens (primary N) is 1. The average Bonchev–Trinajstić information content (AvgIpc) is 2.43. The van der Waals surface area contributed by atoms with Gasteiger partial charge in [-0.05, 0) is 25.1 Å². The molecule has 0 fully saturated rings. The van der Waals surface area contributed by atoms with Crippen molar-refractivity contribution in [3.8, 4) is 0 Å². The summed E-state index contributed by atoms with van der Waals surface area (Å²) in [6, 6.07) is 4.03. The van der Waals surface area contributed by atoms with Crippen molar-refractivity contribution in [1.29, 1.82) is 5.41 Å². The van der Waals surface area contributed by atoms with E-state index in [2.05, 4.69) is 10.6 Å². The first-order chi connectivity index (χ1) is 11.2. The van der Waals surface area contributed by atoms with Gasteiger partial charge in [0.25, 0.3) is 0 Å². The van der Waals surface area contributed by atoms with Crippen LogP contribution in [0.1, 0.15) is 31.7 Å². The van der Waals surface area contributed by atoms with Crippen LogP contribution in [0.5, 0.6) is 0 Å². The Hall–Kier alpha value is -2.61. The van der Waals surface area contributed by atoms with Crippen molar-refractivity contribution in [2.24, 2.45) is 5.73 Å². The molecule has 1 atom stereocenters. The number of anilines is 1. The van der Waals surface area contributed by atoms with E-state index in [4.69, 9.17) is 27.9 Å². The van der Waals surface area contributed by atoms with Gasteiger partial charge in [-0.15, -0.1) is 0 Å². The van der Waals surface area contributed by atoms with Crippen molar-refractivity contribution in [1.82, 2.24) is 5.32 Å². The summed E-state index contributed by atoms with van der Waals surface area (Å²) in [5.74, 6) is -1.97. The summed E-state index contributed by atoms with van der Waals surface area (Å²) >= 11 is 5.95. The number of nitrogen functional groups attached to an aromatic ring is 1. The highest BCUT2D eigenvalue weighted by Crippen LogP contribution is 2.20. The highest BCUT2D eigenvalue weighted by atomic mass is 35.5. The molecule has 0 aliphatic carbocycles. The summed E-state index contributed by atoms with van der Waals surface area (Å²) in [6.45, 7) is 1.57. The van der Waals surface area contributed by atoms with Gasteiger partial charge in [0, 0.05) is 30.1 Å². The molecule has 0 radical (unpaired) electrons. The van der Waals surface area contributed by atoms with Crippen LogP contribution in [-0.4, -0.2) is 34.8 Å². The second-order valence-corrected chi connectivity index (χ2v) is 5.63. The minimum atomic E-state index is -1.01. The molecule has 0 aliphatic heterocycles. The number of hydrogen-bond acceptors (Lipinski definition) is 4. The molecule has 0 aromatic heterocycles. The van der Waals surface area contributed by atoms with Crippen LogP contribution in [0.2, 0.25) is 5.02 Å². The van der Waals surface area contributed by atoms with E-state index in [0.717, 1.165) is 0 Å². The van der Waals surface area contributed by atoms with Gasteiger partial charge in [0.2, 0.25) is 11.8 Å². The lowest BCUT2D eigenvalue weighted by atomic mass is 10.2. The quantitative estimate of drug-likeness (QED) is 0.353. The van der Waals surface area contributed by atoms with Crippen molar-refractivity contribution in [3.05, 3.63) is 28.8 Å². The van der Waals surface area contributed by atoms with Gasteiger partial charge in [-0.3, -0.25) is 19.8 Å². The molecule has 1 aromatic rings. The Bertz CT molecular complexity index is 663. The fourth-order valence-corrected chi connectivity index (χ4v) is 2.20. The summed E-state index contributed by atoms with van der Waals surface area (Å²) in [4.78, 5) is 33.9. The zero-order chi connectivity index (χ0) is 18.3. The molecule has 8 nitrogen and oxygen atoms in total. The maximum atomic E-state index is 11.8. The number of carboxylic acid groups (broad SMARTS) is 1. The van der Waals surface area contributed by atoms with Gasteiger partial charge in [-0.2, -0.15) is 0 Å². The van der Waals surface area contributed by atoms with Gasteiger partial charge in [0.15, 0.2) is 0 Å². The third kappa shape index (κ3) is 6.66. The SMILES string of the molecule is CC(CC(=O)O)NC(=O)CCC(=O)Nc1ccc(C(=N)N)c(Cl)c1. The lowest BCUT2D eigenvalue weighted by Crippen LogP contribution is -2.34. The fourth-order valence-electron chi connectivity index (χ4n) is 1.92. The minimum Gasteiger partial charge on any atom is -0.481 e. The molecule has 0 aliphatic rings. The maximum Gasteiger partial charge on any atom is 0.305 e. The van der Waals surface area contributed by atoms with E-state index >= 15 is 0 Å². The number of nitrogens with one attached hydrogen (secondary N) is 3. The average molecular weight is 355 g/mol. The molecule has 0 bridgehead atoms. The normalized spacial score (nSPS) is 11.4. The number of amides is 2. The summed E-state index contributed by atoms with van der Waals surface area (Å²) in [5, 5.41) is 21.3. The van der Waals surface area contributed by atoms with E-state index in [1.165, 1.54) is 12.1 Å². The Morgan fingerprint density at radius 3 is 2.46 bits per heavy atom. The van der Waals surface area contributed by atoms with E-state index in [0.29, 0.717) is 11.3 Å². The number of rotatable bonds is 8. The molecular formula is C15H19ClN4O4. The summed E-state index contributed by atoms with van der Waals surface area (Å²) in [5.41, 5.74) is 6.14. The molecule has 24 heavy (non-hydrogen) atoms. The molecule has 6 N–H and O–H groups in total. The van der Waals surface area contributed by atoms with Gasteiger partial charge in [0.05, 0.1) is 11.4 Å². The zero-order valence-corrected chi connectivity index (χ0v) is 13.8. The van der Waals surface area contributed by atoms with E-state index in [1.807, 2.05) is 0 Å². The lowest BCUT2D eigenvalue weighted by Gasteiger charge is -2.11. The van der Waals surface area contributed by atoms with Crippen LogP contribution < -0.4 is 16.4 Å². The van der Waals surface area contributed by atoms with Crippen molar-refractivity contribution >= 4 is 40.9 Å². The van der Waals surface area contributed by atoms with Crippen LogP contribution in [0.25, 0.3) is 0 Å². The standard InChI is InChI=1S/C15H19ClN4O4/c1-8(6-14(23)24)19-12(21)4-5-13(22)20-9-2-3-10(15(17)18)11(16)7-9/h2-3,7-8H,4-6H2,1H3,(H3,17,18)(H,19,21)(H,20,22)(H,23,24). The first-order valence-electron chi connectivity index (χ1n) is 7.14. The Labute approximate surface area is 143 Å². The van der Waals surface area contributed by atoms with Gasteiger partial charge >= 0.3 is 5.97 Å².